The van der Waals surface area contributed by atoms with Gasteiger partial charge >= 0.3 is 18.5 Å². The van der Waals surface area contributed by atoms with Gasteiger partial charge in [0.05, 0.1) is 61.9 Å². The Balaban J connectivity index is 0.000000253. The predicted molar refractivity (Wildman–Crippen MR) is 544 cm³/mol. The molecule has 3 amide bonds. The first kappa shape index (κ1) is 51.0. The number of hydrogen-bond acceptors (Lipinski definition) is 15. The molecule has 2 unspecified atom stereocenters. The van der Waals surface area contributed by atoms with Gasteiger partial charge in [0.1, 0.15) is 37.1 Å². The van der Waals surface area contributed by atoms with Crippen molar-refractivity contribution in [3.63, 3.8) is 0 Å². The van der Waals surface area contributed by atoms with Gasteiger partial charge in [0.25, 0.3) is 16.7 Å². The Morgan fingerprint density at radius 3 is 1.06 bits per heavy atom. The molecule has 0 aliphatic heterocycles. The molecule has 2 atom stereocenters. The van der Waals surface area contributed by atoms with Gasteiger partial charge in [-0.25, -0.2) is 13.2 Å². The van der Waals surface area contributed by atoms with Crippen LogP contribution in [0, 0.1) is 36.2 Å². The summed E-state index contributed by atoms with van der Waals surface area (Å²) in [4.78, 5) is 96.2. The zero-order chi connectivity index (χ0) is 163. The number of hydrogen-bond donors (Lipinski definition) is 0. The molecule has 0 spiro atoms. The predicted octanol–water partition coefficient (Wildman–Crippen LogP) is 22.5. The number of benzene rings is 9. The Hall–Kier alpha value is -11.9. The third-order valence-corrected chi connectivity index (χ3v) is 22.2. The average Bonchev–Trinajstić information content (AvgIpc) is 1.52. The molecule has 144 heavy (non-hydrogen) atoms. The van der Waals surface area contributed by atoms with E-state index in [1.165, 1.54) is 24.3 Å². The third kappa shape index (κ3) is 29.5. The Morgan fingerprint density at radius 1 is 0.382 bits per heavy atom. The minimum absolute atomic E-state index is 0.0214. The van der Waals surface area contributed by atoms with Gasteiger partial charge < -0.3 is 43.1 Å². The number of likely N-dealkylation sites (N-methyl/N-ethyl adjacent to an activating group) is 3. The molecule has 3 aromatic heterocycles. The molecule has 0 fully saturated rings. The molecule has 33 heteroatoms. The summed E-state index contributed by atoms with van der Waals surface area (Å²) < 4.78 is 744. The number of carbonyl (C=O) groups is 3. The first-order valence-electron chi connectivity index (χ1n) is 75.1. The molecule has 18 nitrogen and oxygen atoms in total. The van der Waals surface area contributed by atoms with Crippen molar-refractivity contribution in [1.29, 1.82) is 0 Å². The second-order valence-electron chi connectivity index (χ2n) is 29.4. The zero-order valence-corrected chi connectivity index (χ0v) is 78.5. The van der Waals surface area contributed by atoms with Crippen molar-refractivity contribution in [3.8, 4) is 33.4 Å². The molecular formula is C111H120F12N12O6S3. The van der Waals surface area contributed by atoms with Crippen LogP contribution in [0.25, 0.3) is 33.4 Å². The summed E-state index contributed by atoms with van der Waals surface area (Å²) in [5, 5.41) is -3.06. The van der Waals surface area contributed by atoms with Crippen molar-refractivity contribution in [2.24, 2.45) is 11.8 Å². The molecule has 3 heterocycles. The number of carbonyl (C=O) groups excluding carboxylic acids is 3. The second-order valence-corrected chi connectivity index (χ2v) is 31.8. The first-order chi connectivity index (χ1) is 94.7. The fraction of sp³-hybridized carbons (Fsp3) is 0.378. The van der Waals surface area contributed by atoms with Crippen molar-refractivity contribution in [3.05, 3.63) is 350 Å². The monoisotopic (exact) mass is 2110 g/mol. The highest BCUT2D eigenvalue weighted by Gasteiger charge is 2.36. The van der Waals surface area contributed by atoms with E-state index in [1.807, 2.05) is 0 Å². The van der Waals surface area contributed by atoms with Gasteiger partial charge in [-0.15, -0.1) is 0 Å². The quantitative estimate of drug-likeness (QED) is 0.0202. The summed E-state index contributed by atoms with van der Waals surface area (Å²) in [6.45, 7) is -45.8. The maximum Gasteiger partial charge on any atom is 0.416 e. The Bertz CT molecular complexity index is 10200. The molecule has 3 aliphatic carbocycles. The molecule has 12 aromatic rings. The minimum Gasteiger partial charge on any atom is -0.336 e. The van der Waals surface area contributed by atoms with Crippen LogP contribution in [0.15, 0.2) is 242 Å². The molecule has 0 radical (unpaired) electrons. The van der Waals surface area contributed by atoms with Crippen LogP contribution in [0.2, 0.25) is 0 Å². The molecule has 0 saturated heterocycles. The van der Waals surface area contributed by atoms with Gasteiger partial charge in [-0.1, -0.05) is 236 Å². The molecule has 9 aromatic carbocycles. The maximum atomic E-state index is 15.2. The SMILES string of the molecule is [2H]c1c([2H])c(C([2H])([2H])Sc2nc(=O)c3c(n2CC(=O)N(Cc2c([2H])c([2H])c(-c4c([2H])c([2H])c(C(F)(F)F)c(C)c4[2H])c([2H])c2[2H])C([2H])([2H])C([2H])([2H])N(C([2H])([2H])C)C([2H])([2H])C)CCC3)c([2H])c([2H])c1F.[2H]c1c([2H])c(C([2H])([2H])Sc2nc(=O)c3c(n2CC(=O)N(Cc2c([2H])c([2H])c(-c4c([2H])c([2H])c(C(F)(F)F)c([2H])c4[2H])c([2H])c2[2H])C([2H])([2H])C([2H])([2H])N(C([2H])([2H])C)C([2H])([2H])C)C([2H])([2H])C([2H])(C)C3([2H])[2H])c([2H])c([2H])c1F.[2H]c1c([2H])c(C([2H])([2H])Sc2nc(=O)c3c(n2CC(=O)N(Cc2ccc(-c4ccc(C(F)(F)F)cc4)cc2)C([2H])([2H])C([2H])([2H])N(C([2H])([2H])C)C([2H])([2H])C)C([2H])([2H])C([2H])(C)C3([2H])[2H])c([2H])c([2H])c1F. The lowest BCUT2D eigenvalue weighted by Crippen LogP contribution is -2.40. The van der Waals surface area contributed by atoms with Crippen LogP contribution >= 0.6 is 35.3 Å². The van der Waals surface area contributed by atoms with E-state index in [2.05, 4.69) is 15.0 Å². The van der Waals surface area contributed by atoms with Crippen molar-refractivity contribution >= 4 is 53.0 Å². The van der Waals surface area contributed by atoms with Crippen molar-refractivity contribution in [1.82, 2.24) is 58.1 Å². The van der Waals surface area contributed by atoms with Crippen LogP contribution in [0.1, 0.15) is 243 Å². The van der Waals surface area contributed by atoms with Gasteiger partial charge in [-0.3, -0.25) is 28.8 Å². The Morgan fingerprint density at radius 2 is 0.701 bits per heavy atom. The van der Waals surface area contributed by atoms with Gasteiger partial charge in [0.2, 0.25) is 17.7 Å². The van der Waals surface area contributed by atoms with Gasteiger partial charge in [0, 0.05) is 156 Å². The molecular weight excluding hydrogens is 1920 g/mol. The Labute approximate surface area is 938 Å². The summed E-state index contributed by atoms with van der Waals surface area (Å²) >= 11 is -0.726. The molecule has 0 bridgehead atoms. The highest BCUT2D eigenvalue weighted by Crippen LogP contribution is 2.39. The molecule has 0 N–H and O–H groups in total. The smallest absolute Gasteiger partial charge is 0.336 e. The first-order valence-corrected chi connectivity index (χ1v) is 44.1. The zero-order valence-electron chi connectivity index (χ0n) is 143. The van der Waals surface area contributed by atoms with E-state index in [1.54, 1.807) is 0 Å². The minimum atomic E-state index is -5.48. The second kappa shape index (κ2) is 50.3. The van der Waals surface area contributed by atoms with E-state index in [0.29, 0.717) is 58.6 Å². The Kier molecular flexibility index (Phi) is 17.8. The summed E-state index contributed by atoms with van der Waals surface area (Å²) in [5.74, 6) is -16.3. The summed E-state index contributed by atoms with van der Waals surface area (Å²) in [7, 11) is 0. The van der Waals surface area contributed by atoms with E-state index in [0.717, 1.165) is 42.7 Å². The van der Waals surface area contributed by atoms with Crippen LogP contribution in [-0.2, 0) is 128 Å². The standard InChI is InChI=1S/3C37H40F4N4O2S/c2*1-4-43(5-2)18-19-44(22-26-6-10-28(11-7-26)29-12-14-30(15-13-29)37(39,40)41)34(46)23-45-33-21-25(3)20-32(33)35(47)42-36(45)48-24-27-8-16-31(38)17-9-27;1-4-43(5-2)19-20-44(22-26-9-13-28(14-10-26)29-15-18-32(25(3)21-29)37(39,40)41)34(46)23-45-33-8-6-7-31(33)35(47)42-36(45)48-24-27-11-16-30(38)17-12-27/h2*6-17,25H,4-5,18-24H2,1-3H3;9-18,21H,4-8,19-20,22-24H2,1-3H3/i4D2,5D2,6D,7D,8D,9D,10D,11D,12D,13D,14D,15D,16D,17D,18D2,19D2,20D2,21D2,24D2,25D;4D2,5D2,8D,9D,16D,17D,18D2,19D2,20D2,21D2,24D2,25D;4D2,5D2,9D,10D,11D,12D,13D,14D,15D,16D,17D,18D,19D2,20D2,21D,24D2. The number of thioether (sulfide) groups is 3. The van der Waals surface area contributed by atoms with E-state index in [-0.39, 0.29) is 99.1 Å². The topological polar surface area (TPSA) is 175 Å². The van der Waals surface area contributed by atoms with Crippen LogP contribution in [0.5, 0.6) is 0 Å². The van der Waals surface area contributed by atoms with E-state index in [4.69, 9.17) is 83.6 Å². The van der Waals surface area contributed by atoms with E-state index in [9.17, 15) is 84.9 Å². The third-order valence-electron chi connectivity index (χ3n) is 19.8. The largest absolute Gasteiger partial charge is 0.416 e. The van der Waals surface area contributed by atoms with Crippen molar-refractivity contribution < 1.29 is 159 Å². The molecule has 0 saturated carbocycles. The molecule has 762 valence electrons. The van der Waals surface area contributed by atoms with Gasteiger partial charge in [-0.2, -0.15) is 54.5 Å². The van der Waals surface area contributed by atoms with Crippen LogP contribution in [0.4, 0.5) is 52.7 Å². The average molecular weight is 2110 g/mol. The van der Waals surface area contributed by atoms with Crippen LogP contribution < -0.4 is 16.7 Å². The fourth-order valence-corrected chi connectivity index (χ4v) is 15.0. The molecule has 3 aliphatic rings. The lowest BCUT2D eigenvalue weighted by Gasteiger charge is -2.28. The summed E-state index contributed by atoms with van der Waals surface area (Å²) in [5.41, 5.74) is -33.9. The number of fused-ring (bicyclic) bond motifs is 3. The van der Waals surface area contributed by atoms with Crippen LogP contribution in [-0.4, -0.2) is 154 Å². The van der Waals surface area contributed by atoms with Gasteiger partial charge in [-0.05, 0) is 241 Å². The van der Waals surface area contributed by atoms with E-state index < -0.39 is 527 Å². The normalized spacial score (nSPS) is 24.5. The number of halogens is 12. The fourth-order valence-electron chi connectivity index (χ4n) is 12.9. The number of rotatable bonds is 39. The number of aromatic nitrogens is 6. The highest BCUT2D eigenvalue weighted by atomic mass is 32.2. The maximum absolute atomic E-state index is 15.2. The highest BCUT2D eigenvalue weighted by molar-refractivity contribution is 7.98. The van der Waals surface area contributed by atoms with Gasteiger partial charge in [0.15, 0.2) is 15.5 Å². The number of alkyl halides is 9. The van der Waals surface area contributed by atoms with Crippen molar-refractivity contribution in [2.75, 3.05) is 78.0 Å². The van der Waals surface area contributed by atoms with Crippen molar-refractivity contribution in [2.45, 2.75) is 197 Å². The number of amides is 3. The molecule has 15 rings (SSSR count). The van der Waals surface area contributed by atoms with Crippen LogP contribution in [0.3, 0.4) is 0 Å². The summed E-state index contributed by atoms with van der Waals surface area (Å²) in [6.07, 6.45) is -28.6. The lowest BCUT2D eigenvalue weighted by atomic mass is 9.98. The number of nitrogens with zero attached hydrogens (tertiary/aromatic N) is 12. The van der Waals surface area contributed by atoms with E-state index >= 15 is 4.79 Å². The summed E-state index contributed by atoms with van der Waals surface area (Å²) in [6, 6.07) is -26.9. The lowest BCUT2D eigenvalue weighted by molar-refractivity contribution is -0.138.